The summed E-state index contributed by atoms with van der Waals surface area (Å²) in [6.07, 6.45) is 1.87. The summed E-state index contributed by atoms with van der Waals surface area (Å²) >= 11 is 12.1. The standard InChI is InChI=1S/C17H17Cl2N3/c1-17(2,3)21-16-15(11-4-6-12(18)7-5-11)20-14-9-8-13(19)10-22(14)16/h4-10,21H,1-3H3. The molecule has 0 unspecified atom stereocenters. The van der Waals surface area contributed by atoms with Crippen LogP contribution in [0.4, 0.5) is 5.82 Å². The van der Waals surface area contributed by atoms with E-state index in [1.165, 1.54) is 0 Å². The Kier molecular flexibility index (Phi) is 3.79. The van der Waals surface area contributed by atoms with Crippen molar-refractivity contribution in [2.24, 2.45) is 0 Å². The fourth-order valence-electron chi connectivity index (χ4n) is 2.30. The number of imidazole rings is 1. The number of hydrogen-bond donors (Lipinski definition) is 1. The summed E-state index contributed by atoms with van der Waals surface area (Å²) in [6, 6.07) is 11.4. The summed E-state index contributed by atoms with van der Waals surface area (Å²) in [6.45, 7) is 6.34. The number of nitrogens with one attached hydrogen (secondary N) is 1. The van der Waals surface area contributed by atoms with Crippen molar-refractivity contribution in [1.29, 1.82) is 0 Å². The quantitative estimate of drug-likeness (QED) is 0.669. The molecular weight excluding hydrogens is 317 g/mol. The smallest absolute Gasteiger partial charge is 0.139 e. The van der Waals surface area contributed by atoms with Crippen LogP contribution in [0.2, 0.25) is 10.0 Å². The monoisotopic (exact) mass is 333 g/mol. The molecule has 0 spiro atoms. The number of halogens is 2. The molecule has 0 radical (unpaired) electrons. The zero-order valence-electron chi connectivity index (χ0n) is 12.7. The van der Waals surface area contributed by atoms with Crippen molar-refractivity contribution in [2.75, 3.05) is 5.32 Å². The highest BCUT2D eigenvalue weighted by molar-refractivity contribution is 6.30. The number of pyridine rings is 1. The van der Waals surface area contributed by atoms with Crippen LogP contribution in [0.25, 0.3) is 16.9 Å². The SMILES string of the molecule is CC(C)(C)Nc1c(-c2ccc(Cl)cc2)nc2ccc(Cl)cn12. The Bertz CT molecular complexity index is 814. The van der Waals surface area contributed by atoms with Crippen LogP contribution in [0.15, 0.2) is 42.6 Å². The third-order valence-corrected chi connectivity index (χ3v) is 3.67. The Labute approximate surface area is 139 Å². The first-order chi connectivity index (χ1) is 10.3. The molecule has 1 N–H and O–H groups in total. The van der Waals surface area contributed by atoms with E-state index in [-0.39, 0.29) is 5.54 Å². The van der Waals surface area contributed by atoms with Gasteiger partial charge in [-0.2, -0.15) is 0 Å². The van der Waals surface area contributed by atoms with Crippen LogP contribution in [0.3, 0.4) is 0 Å². The van der Waals surface area contributed by atoms with Gasteiger partial charge in [0.15, 0.2) is 0 Å². The summed E-state index contributed by atoms with van der Waals surface area (Å²) in [7, 11) is 0. The molecule has 0 saturated carbocycles. The summed E-state index contributed by atoms with van der Waals surface area (Å²) in [5.41, 5.74) is 2.64. The molecule has 0 bridgehead atoms. The number of fused-ring (bicyclic) bond motifs is 1. The van der Waals surface area contributed by atoms with E-state index in [0.717, 1.165) is 22.7 Å². The minimum absolute atomic E-state index is 0.0978. The van der Waals surface area contributed by atoms with Crippen LogP contribution < -0.4 is 5.32 Å². The van der Waals surface area contributed by atoms with Gasteiger partial charge in [0.05, 0.1) is 5.02 Å². The van der Waals surface area contributed by atoms with Gasteiger partial charge in [-0.25, -0.2) is 4.98 Å². The lowest BCUT2D eigenvalue weighted by Gasteiger charge is -2.22. The molecule has 5 heteroatoms. The number of benzene rings is 1. The molecule has 0 atom stereocenters. The number of hydrogen-bond acceptors (Lipinski definition) is 2. The maximum atomic E-state index is 6.14. The Hall–Kier alpha value is -1.71. The van der Waals surface area contributed by atoms with Gasteiger partial charge in [-0.1, -0.05) is 35.3 Å². The van der Waals surface area contributed by atoms with E-state index in [4.69, 9.17) is 28.2 Å². The first-order valence-electron chi connectivity index (χ1n) is 7.05. The van der Waals surface area contributed by atoms with E-state index in [9.17, 15) is 0 Å². The van der Waals surface area contributed by atoms with E-state index >= 15 is 0 Å². The van der Waals surface area contributed by atoms with Gasteiger partial charge < -0.3 is 5.32 Å². The average molecular weight is 334 g/mol. The highest BCUT2D eigenvalue weighted by atomic mass is 35.5. The molecule has 2 heterocycles. The van der Waals surface area contributed by atoms with E-state index in [2.05, 4.69) is 26.1 Å². The summed E-state index contributed by atoms with van der Waals surface area (Å²) < 4.78 is 1.98. The molecule has 2 aromatic heterocycles. The van der Waals surface area contributed by atoms with Crippen molar-refractivity contribution < 1.29 is 0 Å². The fraction of sp³-hybridized carbons (Fsp3) is 0.235. The molecule has 22 heavy (non-hydrogen) atoms. The van der Waals surface area contributed by atoms with Gasteiger partial charge in [0, 0.05) is 22.3 Å². The van der Waals surface area contributed by atoms with E-state index in [1.807, 2.05) is 47.0 Å². The van der Waals surface area contributed by atoms with Crippen LogP contribution in [0, 0.1) is 0 Å². The van der Waals surface area contributed by atoms with E-state index in [1.54, 1.807) is 0 Å². The van der Waals surface area contributed by atoms with E-state index in [0.29, 0.717) is 10.0 Å². The zero-order chi connectivity index (χ0) is 15.9. The highest BCUT2D eigenvalue weighted by Gasteiger charge is 2.19. The van der Waals surface area contributed by atoms with Crippen LogP contribution in [0.1, 0.15) is 20.8 Å². The van der Waals surface area contributed by atoms with Crippen molar-refractivity contribution >= 4 is 34.7 Å². The number of anilines is 1. The molecule has 1 aromatic carbocycles. The lowest BCUT2D eigenvalue weighted by molar-refractivity contribution is 0.629. The lowest BCUT2D eigenvalue weighted by atomic mass is 10.1. The van der Waals surface area contributed by atoms with E-state index < -0.39 is 0 Å². The van der Waals surface area contributed by atoms with Gasteiger partial charge in [0.2, 0.25) is 0 Å². The zero-order valence-corrected chi connectivity index (χ0v) is 14.2. The molecule has 3 rings (SSSR count). The molecule has 0 aliphatic rings. The van der Waals surface area contributed by atoms with Gasteiger partial charge >= 0.3 is 0 Å². The van der Waals surface area contributed by atoms with Crippen molar-refractivity contribution in [2.45, 2.75) is 26.3 Å². The van der Waals surface area contributed by atoms with Gasteiger partial charge in [0.1, 0.15) is 17.2 Å². The summed E-state index contributed by atoms with van der Waals surface area (Å²) in [5, 5.41) is 4.90. The van der Waals surface area contributed by atoms with Crippen molar-refractivity contribution in [3.63, 3.8) is 0 Å². The largest absolute Gasteiger partial charge is 0.365 e. The molecule has 0 aliphatic heterocycles. The Morgan fingerprint density at radius 2 is 1.59 bits per heavy atom. The first kappa shape index (κ1) is 15.2. The molecule has 3 aromatic rings. The Morgan fingerprint density at radius 1 is 0.955 bits per heavy atom. The molecule has 0 amide bonds. The van der Waals surface area contributed by atoms with Gasteiger partial charge in [0.25, 0.3) is 0 Å². The van der Waals surface area contributed by atoms with Gasteiger partial charge in [-0.05, 0) is 45.0 Å². The van der Waals surface area contributed by atoms with Gasteiger partial charge in [-0.3, -0.25) is 4.40 Å². The minimum Gasteiger partial charge on any atom is -0.365 e. The normalized spacial score (nSPS) is 11.9. The van der Waals surface area contributed by atoms with Crippen LogP contribution in [0.5, 0.6) is 0 Å². The topological polar surface area (TPSA) is 29.3 Å². The third kappa shape index (κ3) is 3.06. The molecular formula is C17H17Cl2N3. The number of rotatable bonds is 2. The lowest BCUT2D eigenvalue weighted by Crippen LogP contribution is -2.27. The Morgan fingerprint density at radius 3 is 2.23 bits per heavy atom. The predicted molar refractivity (Wildman–Crippen MR) is 94.0 cm³/mol. The third-order valence-electron chi connectivity index (χ3n) is 3.19. The molecule has 114 valence electrons. The first-order valence-corrected chi connectivity index (χ1v) is 7.81. The second kappa shape index (κ2) is 5.49. The second-order valence-electron chi connectivity index (χ2n) is 6.27. The minimum atomic E-state index is -0.0978. The van der Waals surface area contributed by atoms with Crippen LogP contribution in [-0.2, 0) is 0 Å². The predicted octanol–water partition coefficient (Wildman–Crippen LogP) is 5.52. The fourth-order valence-corrected chi connectivity index (χ4v) is 2.59. The molecule has 0 aliphatic carbocycles. The van der Waals surface area contributed by atoms with Crippen LogP contribution in [-0.4, -0.2) is 14.9 Å². The van der Waals surface area contributed by atoms with Crippen LogP contribution >= 0.6 is 23.2 Å². The summed E-state index contributed by atoms with van der Waals surface area (Å²) in [5.74, 6) is 0.923. The second-order valence-corrected chi connectivity index (χ2v) is 7.14. The molecule has 0 fully saturated rings. The molecule has 3 nitrogen and oxygen atoms in total. The average Bonchev–Trinajstić information content (AvgIpc) is 2.76. The van der Waals surface area contributed by atoms with Gasteiger partial charge in [-0.15, -0.1) is 0 Å². The number of aromatic nitrogens is 2. The maximum absolute atomic E-state index is 6.14. The maximum Gasteiger partial charge on any atom is 0.139 e. The highest BCUT2D eigenvalue weighted by Crippen LogP contribution is 2.32. The van der Waals surface area contributed by atoms with Crippen molar-refractivity contribution in [3.8, 4) is 11.3 Å². The van der Waals surface area contributed by atoms with Crippen molar-refractivity contribution in [1.82, 2.24) is 9.38 Å². The Balaban J connectivity index is 2.23. The van der Waals surface area contributed by atoms with Crippen molar-refractivity contribution in [3.05, 3.63) is 52.6 Å². The number of nitrogens with zero attached hydrogens (tertiary/aromatic N) is 2. The summed E-state index contributed by atoms with van der Waals surface area (Å²) in [4.78, 5) is 4.74. The molecule has 0 saturated heterocycles.